The van der Waals surface area contributed by atoms with Crippen molar-refractivity contribution in [1.82, 2.24) is 0 Å². The van der Waals surface area contributed by atoms with Crippen LogP contribution in [0.2, 0.25) is 0 Å². The molecule has 0 fully saturated rings. The van der Waals surface area contributed by atoms with E-state index >= 15 is 0 Å². The van der Waals surface area contributed by atoms with Crippen LogP contribution in [0.25, 0.3) is 20.2 Å². The molecular weight excluding hydrogens is 312 g/mol. The molecule has 0 unspecified atom stereocenters. The van der Waals surface area contributed by atoms with Gasteiger partial charge in [-0.15, -0.1) is 22.7 Å². The minimum Gasteiger partial charge on any atom is -0.196 e. The zero-order valence-corrected chi connectivity index (χ0v) is 12.7. The van der Waals surface area contributed by atoms with Gasteiger partial charge in [0.15, 0.2) is 11.8 Å². The van der Waals surface area contributed by atoms with Crippen molar-refractivity contribution >= 4 is 42.8 Å². The van der Waals surface area contributed by atoms with Gasteiger partial charge in [0.05, 0.1) is 33.7 Å². The second-order valence-electron chi connectivity index (χ2n) is 4.58. The third kappa shape index (κ3) is 2.09. The van der Waals surface area contributed by atoms with Gasteiger partial charge >= 0.3 is 0 Å². The van der Waals surface area contributed by atoms with E-state index in [-0.39, 0.29) is 0 Å². The summed E-state index contributed by atoms with van der Waals surface area (Å²) in [5.74, 6) is -1.53. The van der Waals surface area contributed by atoms with E-state index in [1.807, 2.05) is 48.5 Å². The zero-order valence-electron chi connectivity index (χ0n) is 11.1. The average molecular weight is 318 g/mol. The first kappa shape index (κ1) is 14.1. The lowest BCUT2D eigenvalue weighted by molar-refractivity contribution is 1.14. The molecule has 3 rings (SSSR count). The Bertz CT molecular complexity index is 933. The number of nitrogens with zero attached hydrogens (tertiary/aromatic N) is 4. The summed E-state index contributed by atoms with van der Waals surface area (Å²) in [6.07, 6.45) is 0. The van der Waals surface area contributed by atoms with E-state index < -0.39 is 11.8 Å². The van der Waals surface area contributed by atoms with Crippen LogP contribution in [0.4, 0.5) is 0 Å². The number of rotatable bonds is 2. The van der Waals surface area contributed by atoms with Crippen LogP contribution in [-0.2, 0) is 0 Å². The summed E-state index contributed by atoms with van der Waals surface area (Å²) < 4.78 is 1.99. The molecule has 0 bridgehead atoms. The minimum absolute atomic E-state index is 0.722. The first-order valence-electron chi connectivity index (χ1n) is 6.26. The molecule has 3 aromatic rings. The maximum absolute atomic E-state index is 9.02. The average Bonchev–Trinajstić information content (AvgIpc) is 3.13. The summed E-state index contributed by atoms with van der Waals surface area (Å²) in [5.41, 5.74) is 0. The SMILES string of the molecule is N#CC(C#N)c1cc2ccc3cc(C(C#N)C#N)sc3c2s1. The van der Waals surface area contributed by atoms with Crippen molar-refractivity contribution in [1.29, 1.82) is 21.0 Å². The number of hydrogen-bond acceptors (Lipinski definition) is 6. The predicted molar refractivity (Wildman–Crippen MR) is 85.1 cm³/mol. The number of nitriles is 4. The first-order chi connectivity index (χ1) is 10.7. The summed E-state index contributed by atoms with van der Waals surface area (Å²) in [5, 5.41) is 38.0. The van der Waals surface area contributed by atoms with Crippen LogP contribution in [0, 0.1) is 45.3 Å². The lowest BCUT2D eigenvalue weighted by Crippen LogP contribution is -1.85. The van der Waals surface area contributed by atoms with E-state index in [0.29, 0.717) is 0 Å². The van der Waals surface area contributed by atoms with Crippen LogP contribution in [0.5, 0.6) is 0 Å². The summed E-state index contributed by atoms with van der Waals surface area (Å²) in [6, 6.07) is 15.5. The van der Waals surface area contributed by atoms with Gasteiger partial charge < -0.3 is 0 Å². The molecule has 0 saturated heterocycles. The van der Waals surface area contributed by atoms with Gasteiger partial charge in [-0.3, -0.25) is 0 Å². The van der Waals surface area contributed by atoms with E-state index in [4.69, 9.17) is 21.0 Å². The first-order valence-corrected chi connectivity index (χ1v) is 7.89. The maximum Gasteiger partial charge on any atom is 0.167 e. The number of hydrogen-bond donors (Lipinski definition) is 0. The molecule has 0 saturated carbocycles. The molecular formula is C16H6N4S2. The monoisotopic (exact) mass is 318 g/mol. The van der Waals surface area contributed by atoms with Gasteiger partial charge in [-0.2, -0.15) is 21.0 Å². The Hall–Kier alpha value is -2.90. The molecule has 102 valence electrons. The Morgan fingerprint density at radius 1 is 0.682 bits per heavy atom. The van der Waals surface area contributed by atoms with Gasteiger partial charge in [0.25, 0.3) is 0 Å². The summed E-state index contributed by atoms with van der Waals surface area (Å²) >= 11 is 2.85. The fourth-order valence-corrected chi connectivity index (χ4v) is 4.68. The normalized spacial score (nSPS) is 10.5. The molecule has 0 aliphatic carbocycles. The van der Waals surface area contributed by atoms with Gasteiger partial charge in [0, 0.05) is 9.75 Å². The van der Waals surface area contributed by atoms with Crippen LogP contribution in [0.3, 0.4) is 0 Å². The van der Waals surface area contributed by atoms with E-state index in [1.165, 1.54) is 22.7 Å². The predicted octanol–water partition coefficient (Wildman–Crippen LogP) is 4.38. The fourth-order valence-electron chi connectivity index (χ4n) is 2.23. The maximum atomic E-state index is 9.02. The van der Waals surface area contributed by atoms with E-state index in [2.05, 4.69) is 0 Å². The molecule has 0 atom stereocenters. The molecule has 2 aromatic heterocycles. The molecule has 0 aliphatic rings. The standard InChI is InChI=1S/C16H6N4S2/c17-5-11(6-18)13-3-9-1-2-10-4-14(12(7-19)8-20)22-16(10)15(9)21-13/h1-4,11-12H. The van der Waals surface area contributed by atoms with Gasteiger partial charge in [-0.1, -0.05) is 12.1 Å². The summed E-state index contributed by atoms with van der Waals surface area (Å²) in [6.45, 7) is 0. The molecule has 6 heteroatoms. The Morgan fingerprint density at radius 3 is 1.36 bits per heavy atom. The number of fused-ring (bicyclic) bond motifs is 3. The summed E-state index contributed by atoms with van der Waals surface area (Å²) in [7, 11) is 0. The van der Waals surface area contributed by atoms with Crippen molar-refractivity contribution in [2.75, 3.05) is 0 Å². The van der Waals surface area contributed by atoms with E-state index in [9.17, 15) is 0 Å². The molecule has 0 spiro atoms. The van der Waals surface area contributed by atoms with Gasteiger partial charge in [0.1, 0.15) is 0 Å². The lowest BCUT2D eigenvalue weighted by Gasteiger charge is -1.92. The highest BCUT2D eigenvalue weighted by Gasteiger charge is 2.18. The van der Waals surface area contributed by atoms with Crippen LogP contribution >= 0.6 is 22.7 Å². The zero-order chi connectivity index (χ0) is 15.7. The van der Waals surface area contributed by atoms with Crippen molar-refractivity contribution in [2.45, 2.75) is 11.8 Å². The topological polar surface area (TPSA) is 95.2 Å². The highest BCUT2D eigenvalue weighted by molar-refractivity contribution is 7.27. The molecule has 0 radical (unpaired) electrons. The van der Waals surface area contributed by atoms with Crippen LogP contribution in [0.1, 0.15) is 21.6 Å². The lowest BCUT2D eigenvalue weighted by atomic mass is 10.1. The highest BCUT2D eigenvalue weighted by atomic mass is 32.1. The Balaban J connectivity index is 2.24. The number of benzene rings is 1. The van der Waals surface area contributed by atoms with Gasteiger partial charge in [-0.25, -0.2) is 0 Å². The third-order valence-electron chi connectivity index (χ3n) is 3.29. The van der Waals surface area contributed by atoms with Crippen molar-refractivity contribution in [3.63, 3.8) is 0 Å². The van der Waals surface area contributed by atoms with Crippen molar-refractivity contribution < 1.29 is 0 Å². The quantitative estimate of drug-likeness (QED) is 0.700. The molecule has 0 amide bonds. The molecule has 22 heavy (non-hydrogen) atoms. The fraction of sp³-hybridized carbons (Fsp3) is 0.125. The second-order valence-corrected chi connectivity index (χ2v) is 6.75. The number of thiophene rings is 2. The Kier molecular flexibility index (Phi) is 3.50. The molecule has 2 heterocycles. The van der Waals surface area contributed by atoms with E-state index in [1.54, 1.807) is 0 Å². The Morgan fingerprint density at radius 2 is 1.05 bits per heavy atom. The minimum atomic E-state index is -0.766. The van der Waals surface area contributed by atoms with E-state index in [0.717, 1.165) is 29.9 Å². The van der Waals surface area contributed by atoms with Crippen molar-refractivity contribution in [3.05, 3.63) is 34.0 Å². The van der Waals surface area contributed by atoms with Gasteiger partial charge in [0.2, 0.25) is 0 Å². The molecule has 4 nitrogen and oxygen atoms in total. The smallest absolute Gasteiger partial charge is 0.167 e. The molecule has 1 aromatic carbocycles. The Labute approximate surface area is 134 Å². The van der Waals surface area contributed by atoms with Gasteiger partial charge in [-0.05, 0) is 22.9 Å². The van der Waals surface area contributed by atoms with Crippen LogP contribution in [0.15, 0.2) is 24.3 Å². The third-order valence-corrected chi connectivity index (χ3v) is 5.89. The molecule has 0 aliphatic heterocycles. The van der Waals surface area contributed by atoms with Crippen LogP contribution in [-0.4, -0.2) is 0 Å². The molecule has 0 N–H and O–H groups in total. The highest BCUT2D eigenvalue weighted by Crippen LogP contribution is 2.40. The summed E-state index contributed by atoms with van der Waals surface area (Å²) in [4.78, 5) is 1.44. The van der Waals surface area contributed by atoms with Crippen molar-refractivity contribution in [2.24, 2.45) is 0 Å². The largest absolute Gasteiger partial charge is 0.196 e. The van der Waals surface area contributed by atoms with Crippen LogP contribution < -0.4 is 0 Å². The van der Waals surface area contributed by atoms with Crippen molar-refractivity contribution in [3.8, 4) is 24.3 Å². The second kappa shape index (κ2) is 5.47.